The number of Topliss-reactive ketones (excluding diaryl/α,β-unsaturated/α-hetero) is 1. The molecule has 1 N–H and O–H groups in total. The molecule has 1 unspecified atom stereocenters. The quantitative estimate of drug-likeness (QED) is 0.503. The summed E-state index contributed by atoms with van der Waals surface area (Å²) < 4.78 is 15.2. The second-order valence-electron chi connectivity index (χ2n) is 3.97. The summed E-state index contributed by atoms with van der Waals surface area (Å²) >= 11 is 9.53. The van der Waals surface area contributed by atoms with Crippen LogP contribution in [-0.2, 0) is 0 Å². The molecular weight excluding hydrogens is 487 g/mol. The highest BCUT2D eigenvalue weighted by Crippen LogP contribution is 2.11. The summed E-state index contributed by atoms with van der Waals surface area (Å²) in [5.41, 5.74) is 0.0697. The van der Waals surface area contributed by atoms with Crippen molar-refractivity contribution in [3.05, 3.63) is 55.9 Å². The molecule has 0 radical (unpaired) electrons. The fourth-order valence-electron chi connectivity index (χ4n) is 1.33. The molecule has 0 bridgehead atoms. The molecule has 0 fully saturated rings. The van der Waals surface area contributed by atoms with Crippen molar-refractivity contribution in [1.29, 1.82) is 0 Å². The van der Waals surface area contributed by atoms with Gasteiger partial charge < -0.3 is 5.11 Å². The summed E-state index contributed by atoms with van der Waals surface area (Å²) in [6, 6.07) is 10.4. The highest BCUT2D eigenvalue weighted by molar-refractivity contribution is 9.11. The number of halogens is 4. The molecule has 2 aromatic heterocycles. The Morgan fingerprint density at radius 1 is 1.05 bits per heavy atom. The third-order valence-electron chi connectivity index (χ3n) is 2.32. The van der Waals surface area contributed by atoms with Crippen LogP contribution in [-0.4, -0.2) is 33.6 Å². The lowest BCUT2D eigenvalue weighted by atomic mass is 10.1. The first-order valence-corrected chi connectivity index (χ1v) is 8.51. The Balaban J connectivity index is 0.000000255. The van der Waals surface area contributed by atoms with E-state index in [9.17, 15) is 9.18 Å². The molecule has 4 nitrogen and oxygen atoms in total. The van der Waals surface area contributed by atoms with Crippen molar-refractivity contribution in [2.75, 3.05) is 6.61 Å². The molecule has 0 saturated carbocycles. The summed E-state index contributed by atoms with van der Waals surface area (Å²) in [4.78, 5) is 19.1. The van der Waals surface area contributed by atoms with Crippen LogP contribution in [0.2, 0.25) is 0 Å². The van der Waals surface area contributed by atoms with E-state index in [0.717, 1.165) is 9.21 Å². The van der Waals surface area contributed by atoms with Crippen molar-refractivity contribution < 1.29 is 14.3 Å². The highest BCUT2D eigenvalue weighted by Gasteiger charge is 2.19. The highest BCUT2D eigenvalue weighted by atomic mass is 79.9. The summed E-state index contributed by atoms with van der Waals surface area (Å²) in [5.74, 6) is -0.694. The maximum atomic E-state index is 13.0. The first kappa shape index (κ1) is 19.3. The summed E-state index contributed by atoms with van der Waals surface area (Å²) in [6.07, 6.45) is -1.87. The van der Waals surface area contributed by atoms with Crippen LogP contribution in [0.1, 0.15) is 16.9 Å². The molecule has 0 aliphatic rings. The zero-order valence-corrected chi connectivity index (χ0v) is 16.0. The van der Waals surface area contributed by atoms with Gasteiger partial charge in [-0.3, -0.25) is 4.79 Å². The van der Waals surface area contributed by atoms with Crippen molar-refractivity contribution >= 4 is 53.6 Å². The van der Waals surface area contributed by atoms with Gasteiger partial charge >= 0.3 is 0 Å². The predicted octanol–water partition coefficient (Wildman–Crippen LogP) is 4.35. The van der Waals surface area contributed by atoms with E-state index in [4.69, 9.17) is 5.11 Å². The molecule has 118 valence electrons. The van der Waals surface area contributed by atoms with E-state index < -0.39 is 12.0 Å². The number of ketones is 1. The minimum absolute atomic E-state index is 0.0697. The number of hydrogen-bond donors (Lipinski definition) is 1. The molecule has 0 saturated heterocycles. The molecule has 2 aromatic rings. The molecule has 0 aliphatic carbocycles. The van der Waals surface area contributed by atoms with E-state index in [1.807, 2.05) is 18.2 Å². The van der Waals surface area contributed by atoms with Gasteiger partial charge in [0.1, 0.15) is 19.5 Å². The van der Waals surface area contributed by atoms with E-state index in [-0.39, 0.29) is 18.7 Å². The third-order valence-corrected chi connectivity index (χ3v) is 3.64. The van der Waals surface area contributed by atoms with E-state index in [0.29, 0.717) is 4.60 Å². The van der Waals surface area contributed by atoms with Crippen molar-refractivity contribution in [3.63, 3.8) is 0 Å². The molecule has 0 amide bonds. The summed E-state index contributed by atoms with van der Waals surface area (Å²) in [5, 5.41) is 8.47. The molecule has 1 atom stereocenters. The monoisotopic (exact) mass is 496 g/mol. The van der Waals surface area contributed by atoms with Gasteiger partial charge in [-0.1, -0.05) is 12.1 Å². The van der Waals surface area contributed by atoms with Crippen molar-refractivity contribution in [2.24, 2.45) is 0 Å². The molecule has 0 aromatic carbocycles. The number of aliphatic hydroxyl groups is 1. The lowest BCUT2D eigenvalue weighted by Crippen LogP contribution is -2.18. The Kier molecular flexibility index (Phi) is 8.92. The molecular formula is C14H12Br3FN2O2. The minimum Gasteiger partial charge on any atom is -0.396 e. The largest absolute Gasteiger partial charge is 0.396 e. The molecule has 2 rings (SSSR count). The second-order valence-corrected chi connectivity index (χ2v) is 6.41. The SMILES string of the molecule is Brc1cccc(Br)n1.O=C(c1cccc(Br)n1)C(F)CCO. The van der Waals surface area contributed by atoms with E-state index in [2.05, 4.69) is 57.8 Å². The van der Waals surface area contributed by atoms with Crippen LogP contribution in [0.3, 0.4) is 0 Å². The van der Waals surface area contributed by atoms with Crippen LogP contribution < -0.4 is 0 Å². The van der Waals surface area contributed by atoms with Gasteiger partial charge in [-0.15, -0.1) is 0 Å². The van der Waals surface area contributed by atoms with Gasteiger partial charge in [-0.25, -0.2) is 14.4 Å². The van der Waals surface area contributed by atoms with Crippen molar-refractivity contribution in [2.45, 2.75) is 12.6 Å². The zero-order valence-electron chi connectivity index (χ0n) is 11.2. The number of pyridine rings is 2. The number of carbonyl (C=O) groups excluding carboxylic acids is 1. The number of carbonyl (C=O) groups is 1. The Bertz CT molecular complexity index is 611. The standard InChI is InChI=1S/C9H9BrFNO2.C5H3Br2N/c10-8-3-1-2-7(12-8)9(14)6(11)4-5-13;6-4-2-1-3-5(7)8-4/h1-3,6,13H,4-5H2;1-3H. The normalized spacial score (nSPS) is 11.3. The third kappa shape index (κ3) is 7.04. The molecule has 0 aliphatic heterocycles. The molecule has 22 heavy (non-hydrogen) atoms. The number of alkyl halides is 1. The van der Waals surface area contributed by atoms with Crippen LogP contribution in [0.25, 0.3) is 0 Å². The second kappa shape index (κ2) is 10.1. The summed E-state index contributed by atoms with van der Waals surface area (Å²) in [6.45, 7) is -0.346. The van der Waals surface area contributed by atoms with Crippen molar-refractivity contribution in [1.82, 2.24) is 9.97 Å². The van der Waals surface area contributed by atoms with Crippen LogP contribution in [0.4, 0.5) is 4.39 Å². The smallest absolute Gasteiger partial charge is 0.215 e. The van der Waals surface area contributed by atoms with Crippen LogP contribution in [0.5, 0.6) is 0 Å². The predicted molar refractivity (Wildman–Crippen MR) is 92.5 cm³/mol. The number of aliphatic hydroxyl groups excluding tert-OH is 1. The Hall–Kier alpha value is -0.700. The molecule has 0 spiro atoms. The van der Waals surface area contributed by atoms with Gasteiger partial charge in [-0.2, -0.15) is 0 Å². The lowest BCUT2D eigenvalue weighted by Gasteiger charge is -2.04. The number of aromatic nitrogens is 2. The van der Waals surface area contributed by atoms with Crippen LogP contribution in [0.15, 0.2) is 50.2 Å². The van der Waals surface area contributed by atoms with E-state index in [1.165, 1.54) is 6.07 Å². The van der Waals surface area contributed by atoms with Gasteiger partial charge in [0.25, 0.3) is 0 Å². The van der Waals surface area contributed by atoms with Gasteiger partial charge in [0.15, 0.2) is 6.17 Å². The maximum absolute atomic E-state index is 13.0. The fourth-order valence-corrected chi connectivity index (χ4v) is 2.60. The van der Waals surface area contributed by atoms with Gasteiger partial charge in [-0.05, 0) is 72.1 Å². The molecule has 2 heterocycles. The molecule has 8 heteroatoms. The van der Waals surface area contributed by atoms with Gasteiger partial charge in [0, 0.05) is 13.0 Å². The maximum Gasteiger partial charge on any atom is 0.215 e. The van der Waals surface area contributed by atoms with Gasteiger partial charge in [0.2, 0.25) is 5.78 Å². The minimum atomic E-state index is -1.68. The lowest BCUT2D eigenvalue weighted by molar-refractivity contribution is 0.0840. The topological polar surface area (TPSA) is 63.1 Å². The van der Waals surface area contributed by atoms with Crippen molar-refractivity contribution in [3.8, 4) is 0 Å². The number of nitrogens with zero attached hydrogens (tertiary/aromatic N) is 2. The average molecular weight is 499 g/mol. The number of rotatable bonds is 4. The van der Waals surface area contributed by atoms with Crippen LogP contribution in [0, 0.1) is 0 Å². The van der Waals surface area contributed by atoms with E-state index >= 15 is 0 Å². The fraction of sp³-hybridized carbons (Fsp3) is 0.214. The number of hydrogen-bond acceptors (Lipinski definition) is 4. The Labute approximate surface area is 152 Å². The Morgan fingerprint density at radius 3 is 1.95 bits per heavy atom. The first-order chi connectivity index (χ1) is 10.4. The van der Waals surface area contributed by atoms with Gasteiger partial charge in [0.05, 0.1) is 0 Å². The first-order valence-electron chi connectivity index (χ1n) is 6.13. The Morgan fingerprint density at radius 2 is 1.55 bits per heavy atom. The van der Waals surface area contributed by atoms with E-state index in [1.54, 1.807) is 12.1 Å². The van der Waals surface area contributed by atoms with Crippen LogP contribution >= 0.6 is 47.8 Å². The zero-order chi connectivity index (χ0) is 16.5. The average Bonchev–Trinajstić information content (AvgIpc) is 2.47. The summed E-state index contributed by atoms with van der Waals surface area (Å²) in [7, 11) is 0.